The van der Waals surface area contributed by atoms with Gasteiger partial charge in [0, 0.05) is 30.8 Å². The highest BCUT2D eigenvalue weighted by molar-refractivity contribution is 5.91. The van der Waals surface area contributed by atoms with E-state index in [0.29, 0.717) is 18.9 Å². The fourth-order valence-electron chi connectivity index (χ4n) is 4.39. The van der Waals surface area contributed by atoms with E-state index in [9.17, 15) is 9.90 Å². The first-order valence-corrected chi connectivity index (χ1v) is 11.5. The van der Waals surface area contributed by atoms with Crippen molar-refractivity contribution in [1.82, 2.24) is 4.90 Å². The van der Waals surface area contributed by atoms with Crippen molar-refractivity contribution in [3.63, 3.8) is 0 Å². The first kappa shape index (κ1) is 24.1. The van der Waals surface area contributed by atoms with Gasteiger partial charge < -0.3 is 19.9 Å². The summed E-state index contributed by atoms with van der Waals surface area (Å²) < 4.78 is 10.8. The second kappa shape index (κ2) is 11.9. The maximum atomic E-state index is 12.5. The minimum atomic E-state index is -0.0193. The zero-order chi connectivity index (χ0) is 22.9. The fraction of sp³-hybridized carbons (Fsp3) is 0.500. The van der Waals surface area contributed by atoms with Crippen LogP contribution in [0, 0.1) is 12.8 Å². The first-order valence-electron chi connectivity index (χ1n) is 11.5. The summed E-state index contributed by atoms with van der Waals surface area (Å²) in [4.78, 5) is 15.0. The van der Waals surface area contributed by atoms with Crippen LogP contribution >= 0.6 is 0 Å². The van der Waals surface area contributed by atoms with Gasteiger partial charge in [-0.25, -0.2) is 0 Å². The number of rotatable bonds is 10. The standard InChI is InChI=1S/C26H36N2O4/c1-4-32-25-11-7-21(15-22(25)18-29)17-28-13-5-6-20(16-28)8-12-26(30)27-24-10-9-23(31-3)14-19(24)2/h7,9-11,14-15,20,29H,4-6,8,12-13,16-18H2,1-3H3,(H,27,30)/t20-/m1/s1. The molecule has 1 atom stereocenters. The van der Waals surface area contributed by atoms with Crippen molar-refractivity contribution < 1.29 is 19.4 Å². The van der Waals surface area contributed by atoms with Crippen molar-refractivity contribution in [1.29, 1.82) is 0 Å². The molecule has 32 heavy (non-hydrogen) atoms. The molecule has 0 saturated carbocycles. The molecule has 3 rings (SSSR count). The summed E-state index contributed by atoms with van der Waals surface area (Å²) in [5, 5.41) is 12.7. The highest BCUT2D eigenvalue weighted by atomic mass is 16.5. The van der Waals surface area contributed by atoms with Crippen LogP contribution in [-0.2, 0) is 17.9 Å². The summed E-state index contributed by atoms with van der Waals surface area (Å²) in [5.74, 6) is 2.13. The number of aliphatic hydroxyl groups is 1. The number of aryl methyl sites for hydroxylation is 1. The fourth-order valence-corrected chi connectivity index (χ4v) is 4.39. The zero-order valence-corrected chi connectivity index (χ0v) is 19.5. The molecule has 0 radical (unpaired) electrons. The molecule has 0 bridgehead atoms. The average Bonchev–Trinajstić information content (AvgIpc) is 2.80. The third-order valence-corrected chi connectivity index (χ3v) is 6.09. The van der Waals surface area contributed by atoms with Crippen LogP contribution in [0.1, 0.15) is 49.3 Å². The van der Waals surface area contributed by atoms with Gasteiger partial charge in [0.25, 0.3) is 0 Å². The van der Waals surface area contributed by atoms with Gasteiger partial charge in [-0.2, -0.15) is 0 Å². The molecule has 0 aliphatic carbocycles. The van der Waals surface area contributed by atoms with Crippen molar-refractivity contribution in [2.45, 2.75) is 52.7 Å². The Bertz CT molecular complexity index is 899. The summed E-state index contributed by atoms with van der Waals surface area (Å²) >= 11 is 0. The second-order valence-electron chi connectivity index (χ2n) is 8.54. The number of aliphatic hydroxyl groups excluding tert-OH is 1. The maximum absolute atomic E-state index is 12.5. The van der Waals surface area contributed by atoms with Crippen molar-refractivity contribution >= 4 is 11.6 Å². The SMILES string of the molecule is CCOc1ccc(CN2CCC[C@H](CCC(=O)Nc3ccc(OC)cc3C)C2)cc1CO. The van der Waals surface area contributed by atoms with Gasteiger partial charge in [0.05, 0.1) is 20.3 Å². The highest BCUT2D eigenvalue weighted by Gasteiger charge is 2.21. The quantitative estimate of drug-likeness (QED) is 0.568. The molecule has 0 spiro atoms. The lowest BCUT2D eigenvalue weighted by molar-refractivity contribution is -0.116. The number of hydrogen-bond donors (Lipinski definition) is 2. The van der Waals surface area contributed by atoms with Crippen LogP contribution in [0.2, 0.25) is 0 Å². The zero-order valence-electron chi connectivity index (χ0n) is 19.5. The third kappa shape index (κ3) is 6.71. The van der Waals surface area contributed by atoms with E-state index in [1.54, 1.807) is 7.11 Å². The Labute approximate surface area is 191 Å². The highest BCUT2D eigenvalue weighted by Crippen LogP contribution is 2.26. The van der Waals surface area contributed by atoms with E-state index in [1.807, 2.05) is 44.2 Å². The Kier molecular flexibility index (Phi) is 8.94. The minimum Gasteiger partial charge on any atom is -0.497 e. The number of hydrogen-bond acceptors (Lipinski definition) is 5. The molecule has 0 aromatic heterocycles. The molecule has 2 aromatic carbocycles. The molecule has 1 amide bonds. The molecule has 6 nitrogen and oxygen atoms in total. The summed E-state index contributed by atoms with van der Waals surface area (Å²) in [6.45, 7) is 7.40. The molecule has 2 aromatic rings. The number of piperidine rings is 1. The van der Waals surface area contributed by atoms with Crippen LogP contribution in [0.3, 0.4) is 0 Å². The molecule has 0 unspecified atom stereocenters. The Hall–Kier alpha value is -2.57. The lowest BCUT2D eigenvalue weighted by Crippen LogP contribution is -2.35. The molecule has 1 fully saturated rings. The van der Waals surface area contributed by atoms with Crippen LogP contribution in [0.25, 0.3) is 0 Å². The van der Waals surface area contributed by atoms with Crippen LogP contribution in [0.15, 0.2) is 36.4 Å². The van der Waals surface area contributed by atoms with E-state index >= 15 is 0 Å². The summed E-state index contributed by atoms with van der Waals surface area (Å²) in [7, 11) is 1.64. The Balaban J connectivity index is 1.49. The van der Waals surface area contributed by atoms with Crippen LogP contribution < -0.4 is 14.8 Å². The Morgan fingerprint density at radius 2 is 2.09 bits per heavy atom. The molecule has 6 heteroatoms. The average molecular weight is 441 g/mol. The minimum absolute atomic E-state index is 0.0193. The lowest BCUT2D eigenvalue weighted by Gasteiger charge is -2.33. The molecule has 2 N–H and O–H groups in total. The topological polar surface area (TPSA) is 71.0 Å². The van der Waals surface area contributed by atoms with Crippen molar-refractivity contribution in [3.8, 4) is 11.5 Å². The van der Waals surface area contributed by atoms with Crippen molar-refractivity contribution in [2.24, 2.45) is 5.92 Å². The van der Waals surface area contributed by atoms with Gasteiger partial charge in [0.2, 0.25) is 5.91 Å². The number of likely N-dealkylation sites (tertiary alicyclic amines) is 1. The Morgan fingerprint density at radius 1 is 1.25 bits per heavy atom. The van der Waals surface area contributed by atoms with E-state index in [4.69, 9.17) is 9.47 Å². The van der Waals surface area contributed by atoms with Crippen LogP contribution in [-0.4, -0.2) is 42.7 Å². The normalized spacial score (nSPS) is 16.6. The number of nitrogens with one attached hydrogen (secondary N) is 1. The molecule has 174 valence electrons. The summed E-state index contributed by atoms with van der Waals surface area (Å²) in [6, 6.07) is 11.8. The van der Waals surface area contributed by atoms with Gasteiger partial charge in [0.15, 0.2) is 0 Å². The smallest absolute Gasteiger partial charge is 0.224 e. The van der Waals surface area contributed by atoms with E-state index in [1.165, 1.54) is 5.56 Å². The molecule has 1 heterocycles. The number of methoxy groups -OCH3 is 1. The predicted octanol–water partition coefficient (Wildman–Crippen LogP) is 4.53. The molecule has 1 aliphatic rings. The lowest BCUT2D eigenvalue weighted by atomic mass is 9.93. The van der Waals surface area contributed by atoms with Crippen molar-refractivity contribution in [3.05, 3.63) is 53.1 Å². The number of nitrogens with zero attached hydrogens (tertiary/aromatic N) is 1. The summed E-state index contributed by atoms with van der Waals surface area (Å²) in [6.07, 6.45) is 3.73. The molecule has 1 aliphatic heterocycles. The molecule has 1 saturated heterocycles. The second-order valence-corrected chi connectivity index (χ2v) is 8.54. The van der Waals surface area contributed by atoms with Gasteiger partial charge in [0.1, 0.15) is 11.5 Å². The number of amides is 1. The Morgan fingerprint density at radius 3 is 2.81 bits per heavy atom. The largest absolute Gasteiger partial charge is 0.497 e. The van der Waals surface area contributed by atoms with Crippen LogP contribution in [0.5, 0.6) is 11.5 Å². The number of benzene rings is 2. The van der Waals surface area contributed by atoms with E-state index in [0.717, 1.165) is 67.2 Å². The van der Waals surface area contributed by atoms with E-state index in [-0.39, 0.29) is 12.5 Å². The van der Waals surface area contributed by atoms with Gasteiger partial charge in [-0.3, -0.25) is 9.69 Å². The van der Waals surface area contributed by atoms with Gasteiger partial charge in [-0.1, -0.05) is 6.07 Å². The number of ether oxygens (including phenoxy) is 2. The predicted molar refractivity (Wildman–Crippen MR) is 127 cm³/mol. The van der Waals surface area contributed by atoms with Crippen molar-refractivity contribution in [2.75, 3.05) is 32.1 Å². The number of carbonyl (C=O) groups excluding carboxylic acids is 1. The molecular formula is C26H36N2O4. The van der Waals surface area contributed by atoms with Gasteiger partial charge in [-0.05, 0) is 87.0 Å². The van der Waals surface area contributed by atoms with Gasteiger partial charge in [-0.15, -0.1) is 0 Å². The van der Waals surface area contributed by atoms with Crippen LogP contribution in [0.4, 0.5) is 5.69 Å². The first-order chi connectivity index (χ1) is 15.5. The van der Waals surface area contributed by atoms with E-state index in [2.05, 4.69) is 16.3 Å². The summed E-state index contributed by atoms with van der Waals surface area (Å²) in [5.41, 5.74) is 3.87. The number of carbonyl (C=O) groups is 1. The van der Waals surface area contributed by atoms with E-state index < -0.39 is 0 Å². The number of anilines is 1. The van der Waals surface area contributed by atoms with Gasteiger partial charge >= 0.3 is 0 Å². The third-order valence-electron chi connectivity index (χ3n) is 6.09. The maximum Gasteiger partial charge on any atom is 0.224 e. The monoisotopic (exact) mass is 440 g/mol. The molecular weight excluding hydrogens is 404 g/mol.